The van der Waals surface area contributed by atoms with Crippen LogP contribution in [-0.4, -0.2) is 30.0 Å². The third-order valence-corrected chi connectivity index (χ3v) is 6.26. The molecule has 0 amide bonds. The Balaban J connectivity index is 1.65. The number of carbonyl (C=O) groups is 1. The number of ether oxygens (including phenoxy) is 2. The fourth-order valence-electron chi connectivity index (χ4n) is 3.92. The topological polar surface area (TPSA) is 55.8 Å². The predicted octanol–water partition coefficient (Wildman–Crippen LogP) is 5.36. The number of phenolic OH excluding ortho intramolecular Hbond substituents is 1. The van der Waals surface area contributed by atoms with Gasteiger partial charge in [0.2, 0.25) is 0 Å². The molecule has 1 N–H and O–H groups in total. The SMILES string of the molecule is CCOC(=O)CSc1ccc(C2c3cc(O)ccc3OCC2c2ccccc2)cc1. The third-order valence-electron chi connectivity index (χ3n) is 5.28. The molecule has 3 aromatic rings. The minimum Gasteiger partial charge on any atom is -0.508 e. The largest absolute Gasteiger partial charge is 0.508 e. The quantitative estimate of drug-likeness (QED) is 0.430. The summed E-state index contributed by atoms with van der Waals surface area (Å²) >= 11 is 1.47. The molecule has 0 saturated heterocycles. The highest BCUT2D eigenvalue weighted by atomic mass is 32.2. The van der Waals surface area contributed by atoms with E-state index in [-0.39, 0.29) is 23.6 Å². The minimum atomic E-state index is -0.204. The lowest BCUT2D eigenvalue weighted by Crippen LogP contribution is -2.25. The molecule has 1 aliphatic rings. The molecule has 0 fully saturated rings. The van der Waals surface area contributed by atoms with Crippen LogP contribution in [-0.2, 0) is 9.53 Å². The van der Waals surface area contributed by atoms with E-state index < -0.39 is 0 Å². The maximum atomic E-state index is 11.6. The second-order valence-electron chi connectivity index (χ2n) is 7.19. The summed E-state index contributed by atoms with van der Waals surface area (Å²) in [6.07, 6.45) is 0. The monoisotopic (exact) mass is 420 g/mol. The molecule has 0 saturated carbocycles. The van der Waals surface area contributed by atoms with Crippen molar-refractivity contribution in [3.05, 3.63) is 89.5 Å². The number of fused-ring (bicyclic) bond motifs is 1. The van der Waals surface area contributed by atoms with E-state index in [1.165, 1.54) is 17.3 Å². The summed E-state index contributed by atoms with van der Waals surface area (Å²) in [6.45, 7) is 2.78. The van der Waals surface area contributed by atoms with Crippen LogP contribution in [0.25, 0.3) is 0 Å². The first-order chi connectivity index (χ1) is 14.7. The van der Waals surface area contributed by atoms with Gasteiger partial charge in [-0.2, -0.15) is 0 Å². The van der Waals surface area contributed by atoms with Gasteiger partial charge in [0.05, 0.1) is 19.0 Å². The van der Waals surface area contributed by atoms with Crippen LogP contribution in [0.15, 0.2) is 77.7 Å². The minimum absolute atomic E-state index is 0.0624. The number of rotatable bonds is 6. The normalized spacial score (nSPS) is 17.6. The van der Waals surface area contributed by atoms with Gasteiger partial charge in [0.15, 0.2) is 0 Å². The van der Waals surface area contributed by atoms with Gasteiger partial charge in [-0.3, -0.25) is 4.79 Å². The summed E-state index contributed by atoms with van der Waals surface area (Å²) in [7, 11) is 0. The molecule has 1 aliphatic heterocycles. The molecule has 30 heavy (non-hydrogen) atoms. The maximum absolute atomic E-state index is 11.6. The zero-order chi connectivity index (χ0) is 20.9. The Morgan fingerprint density at radius 2 is 1.83 bits per heavy atom. The summed E-state index contributed by atoms with van der Waals surface area (Å²) in [5, 5.41) is 10.1. The molecule has 2 atom stereocenters. The molecule has 5 heteroatoms. The number of hydrogen-bond donors (Lipinski definition) is 1. The van der Waals surface area contributed by atoms with Crippen molar-refractivity contribution in [2.45, 2.75) is 23.7 Å². The van der Waals surface area contributed by atoms with E-state index in [2.05, 4.69) is 24.3 Å². The van der Waals surface area contributed by atoms with Gasteiger partial charge in [-0.15, -0.1) is 11.8 Å². The zero-order valence-corrected chi connectivity index (χ0v) is 17.6. The van der Waals surface area contributed by atoms with Gasteiger partial charge in [-0.25, -0.2) is 0 Å². The molecular formula is C25H24O4S. The van der Waals surface area contributed by atoms with Crippen molar-refractivity contribution in [2.75, 3.05) is 19.0 Å². The van der Waals surface area contributed by atoms with Crippen LogP contribution in [0.1, 0.15) is 35.4 Å². The molecule has 4 nitrogen and oxygen atoms in total. The number of thioether (sulfide) groups is 1. The molecule has 0 radical (unpaired) electrons. The Kier molecular flexibility index (Phi) is 6.29. The molecule has 0 aliphatic carbocycles. The highest BCUT2D eigenvalue weighted by Gasteiger charge is 2.33. The van der Waals surface area contributed by atoms with Gasteiger partial charge in [0.1, 0.15) is 11.5 Å². The molecule has 4 rings (SSSR count). The Morgan fingerprint density at radius 1 is 1.07 bits per heavy atom. The highest BCUT2D eigenvalue weighted by Crippen LogP contribution is 2.47. The first kappa shape index (κ1) is 20.4. The van der Waals surface area contributed by atoms with Gasteiger partial charge < -0.3 is 14.6 Å². The van der Waals surface area contributed by atoms with Gasteiger partial charge in [0.25, 0.3) is 0 Å². The van der Waals surface area contributed by atoms with Crippen LogP contribution in [0.3, 0.4) is 0 Å². The van der Waals surface area contributed by atoms with E-state index in [1.807, 2.05) is 43.3 Å². The molecule has 154 valence electrons. The van der Waals surface area contributed by atoms with E-state index in [0.717, 1.165) is 21.8 Å². The number of benzene rings is 3. The van der Waals surface area contributed by atoms with Gasteiger partial charge in [0, 0.05) is 22.3 Å². The summed E-state index contributed by atoms with van der Waals surface area (Å²) < 4.78 is 11.0. The smallest absolute Gasteiger partial charge is 0.316 e. The van der Waals surface area contributed by atoms with E-state index in [1.54, 1.807) is 12.1 Å². The third kappa shape index (κ3) is 4.46. The van der Waals surface area contributed by atoms with Crippen LogP contribution >= 0.6 is 11.8 Å². The Hall–Kier alpha value is -2.92. The van der Waals surface area contributed by atoms with E-state index in [9.17, 15) is 9.90 Å². The van der Waals surface area contributed by atoms with Crippen LogP contribution in [0, 0.1) is 0 Å². The van der Waals surface area contributed by atoms with Crippen molar-refractivity contribution in [3.8, 4) is 11.5 Å². The maximum Gasteiger partial charge on any atom is 0.316 e. The fraction of sp³-hybridized carbons (Fsp3) is 0.240. The summed E-state index contributed by atoms with van der Waals surface area (Å²) in [5.41, 5.74) is 3.35. The van der Waals surface area contributed by atoms with Gasteiger partial charge >= 0.3 is 5.97 Å². The summed E-state index contributed by atoms with van der Waals surface area (Å²) in [5.74, 6) is 1.34. The standard InChI is InChI=1S/C25H24O4S/c1-2-28-24(27)16-30-20-11-8-18(9-12-20)25-21-14-19(26)10-13-23(21)29-15-22(25)17-6-4-3-5-7-17/h3-14,22,25-26H,2,15-16H2,1H3. The molecule has 0 bridgehead atoms. The van der Waals surface area contributed by atoms with E-state index in [4.69, 9.17) is 9.47 Å². The second kappa shape index (κ2) is 9.26. The predicted molar refractivity (Wildman–Crippen MR) is 118 cm³/mol. The van der Waals surface area contributed by atoms with Crippen molar-refractivity contribution < 1.29 is 19.4 Å². The van der Waals surface area contributed by atoms with Crippen LogP contribution in [0.2, 0.25) is 0 Å². The van der Waals surface area contributed by atoms with Crippen LogP contribution in [0.5, 0.6) is 11.5 Å². The van der Waals surface area contributed by atoms with Crippen molar-refractivity contribution >= 4 is 17.7 Å². The number of phenols is 1. The fourth-order valence-corrected chi connectivity index (χ4v) is 4.62. The number of hydrogen-bond acceptors (Lipinski definition) is 5. The summed E-state index contributed by atoms with van der Waals surface area (Å²) in [6, 6.07) is 23.9. The van der Waals surface area contributed by atoms with Crippen molar-refractivity contribution in [3.63, 3.8) is 0 Å². The van der Waals surface area contributed by atoms with Crippen molar-refractivity contribution in [1.29, 1.82) is 0 Å². The lowest BCUT2D eigenvalue weighted by molar-refractivity contribution is -0.139. The Morgan fingerprint density at radius 3 is 2.57 bits per heavy atom. The average molecular weight is 421 g/mol. The molecule has 2 unspecified atom stereocenters. The number of carbonyl (C=O) groups excluding carboxylic acids is 1. The van der Waals surface area contributed by atoms with E-state index >= 15 is 0 Å². The average Bonchev–Trinajstić information content (AvgIpc) is 2.78. The van der Waals surface area contributed by atoms with Crippen molar-refractivity contribution in [1.82, 2.24) is 0 Å². The molecule has 1 heterocycles. The van der Waals surface area contributed by atoms with Gasteiger partial charge in [-0.05, 0) is 48.4 Å². The Bertz CT molecular complexity index is 1000. The first-order valence-electron chi connectivity index (χ1n) is 10.0. The molecular weight excluding hydrogens is 396 g/mol. The van der Waals surface area contributed by atoms with Crippen molar-refractivity contribution in [2.24, 2.45) is 0 Å². The highest BCUT2D eigenvalue weighted by molar-refractivity contribution is 8.00. The number of esters is 1. The second-order valence-corrected chi connectivity index (χ2v) is 8.24. The zero-order valence-electron chi connectivity index (χ0n) is 16.8. The van der Waals surface area contributed by atoms with E-state index in [0.29, 0.717) is 19.0 Å². The number of aromatic hydroxyl groups is 1. The Labute approximate surface area is 180 Å². The molecule has 0 spiro atoms. The molecule has 0 aromatic heterocycles. The summed E-state index contributed by atoms with van der Waals surface area (Å²) in [4.78, 5) is 12.6. The van der Waals surface area contributed by atoms with Crippen LogP contribution < -0.4 is 4.74 Å². The lowest BCUT2D eigenvalue weighted by Gasteiger charge is -2.34. The lowest BCUT2D eigenvalue weighted by atomic mass is 9.76. The first-order valence-corrected chi connectivity index (χ1v) is 11.0. The van der Waals surface area contributed by atoms with Crippen LogP contribution in [0.4, 0.5) is 0 Å². The molecule has 3 aromatic carbocycles. The van der Waals surface area contributed by atoms with Gasteiger partial charge in [-0.1, -0.05) is 42.5 Å².